The first-order chi connectivity index (χ1) is 9.02. The Morgan fingerprint density at radius 1 is 1.32 bits per heavy atom. The van der Waals surface area contributed by atoms with E-state index in [0.29, 0.717) is 10.3 Å². The molecule has 2 aromatic rings. The molecule has 2 rings (SSSR count). The summed E-state index contributed by atoms with van der Waals surface area (Å²) in [4.78, 5) is 10.2. The van der Waals surface area contributed by atoms with Crippen LogP contribution in [0.5, 0.6) is 0 Å². The number of hydrogen-bond donors (Lipinski definition) is 1. The Morgan fingerprint density at radius 3 is 2.68 bits per heavy atom. The molecule has 0 saturated carbocycles. The summed E-state index contributed by atoms with van der Waals surface area (Å²) in [6.45, 7) is 2.06. The third kappa shape index (κ3) is 2.82. The molecule has 19 heavy (non-hydrogen) atoms. The Balaban J connectivity index is 2.37. The molecular weight excluding hydrogens is 328 g/mol. The van der Waals surface area contributed by atoms with E-state index in [1.54, 1.807) is 0 Å². The highest BCUT2D eigenvalue weighted by atomic mass is 79.9. The lowest BCUT2D eigenvalue weighted by molar-refractivity contribution is 0.725. The van der Waals surface area contributed by atoms with E-state index in [9.17, 15) is 0 Å². The molecule has 1 heterocycles. The van der Waals surface area contributed by atoms with Crippen LogP contribution in [0.2, 0.25) is 5.02 Å². The van der Waals surface area contributed by atoms with Crippen LogP contribution in [-0.4, -0.2) is 17.0 Å². The summed E-state index contributed by atoms with van der Waals surface area (Å²) >= 11 is 9.64. The third-order valence-corrected chi connectivity index (χ3v) is 4.17. The molecule has 0 aliphatic rings. The number of nitrogens with zero attached hydrogens (tertiary/aromatic N) is 3. The van der Waals surface area contributed by atoms with Crippen LogP contribution >= 0.6 is 27.5 Å². The molecule has 2 N–H and O–H groups in total. The Labute approximate surface area is 125 Å². The molecule has 1 aromatic carbocycles. The first-order valence-electron chi connectivity index (χ1n) is 5.75. The highest BCUT2D eigenvalue weighted by molar-refractivity contribution is 9.10. The number of rotatable bonds is 3. The molecule has 0 saturated heterocycles. The number of nitrogens with two attached hydrogens (primary N) is 1. The van der Waals surface area contributed by atoms with Gasteiger partial charge < -0.3 is 10.6 Å². The van der Waals surface area contributed by atoms with Gasteiger partial charge in [-0.15, -0.1) is 0 Å². The maximum Gasteiger partial charge on any atom is 0.148 e. The van der Waals surface area contributed by atoms with Crippen molar-refractivity contribution in [1.82, 2.24) is 9.97 Å². The number of hydrogen-bond acceptors (Lipinski definition) is 4. The van der Waals surface area contributed by atoms with Gasteiger partial charge in [-0.2, -0.15) is 0 Å². The molecule has 0 spiro atoms. The standard InChI is InChI=1S/C13H14BrClN4/c1-8(9-5-3-4-6-10(9)15)19(2)13-11(14)12(16)17-7-18-13/h3-8H,1-2H3,(H2,16,17,18). The maximum atomic E-state index is 6.23. The predicted molar refractivity (Wildman–Crippen MR) is 82.4 cm³/mol. The molecule has 0 fully saturated rings. The molecule has 100 valence electrons. The summed E-state index contributed by atoms with van der Waals surface area (Å²) in [5, 5.41) is 0.736. The topological polar surface area (TPSA) is 55.0 Å². The van der Waals surface area contributed by atoms with Gasteiger partial charge in [0.25, 0.3) is 0 Å². The summed E-state index contributed by atoms with van der Waals surface area (Å²) in [6.07, 6.45) is 1.45. The van der Waals surface area contributed by atoms with Crippen molar-refractivity contribution in [3.63, 3.8) is 0 Å². The molecule has 0 amide bonds. The van der Waals surface area contributed by atoms with Crippen LogP contribution in [0.1, 0.15) is 18.5 Å². The predicted octanol–water partition coefficient (Wildman–Crippen LogP) is 3.67. The minimum atomic E-state index is 0.0688. The van der Waals surface area contributed by atoms with Gasteiger partial charge in [-0.25, -0.2) is 9.97 Å². The van der Waals surface area contributed by atoms with Crippen molar-refractivity contribution in [3.05, 3.63) is 45.7 Å². The van der Waals surface area contributed by atoms with Gasteiger partial charge in [0.05, 0.1) is 6.04 Å². The molecule has 0 radical (unpaired) electrons. The highest BCUT2D eigenvalue weighted by Crippen LogP contribution is 2.33. The third-order valence-electron chi connectivity index (χ3n) is 3.07. The molecular formula is C13H14BrClN4. The average Bonchev–Trinajstić information content (AvgIpc) is 2.41. The van der Waals surface area contributed by atoms with Crippen LogP contribution < -0.4 is 10.6 Å². The highest BCUT2D eigenvalue weighted by Gasteiger charge is 2.19. The summed E-state index contributed by atoms with van der Waals surface area (Å²) in [5.74, 6) is 1.16. The van der Waals surface area contributed by atoms with E-state index in [4.69, 9.17) is 17.3 Å². The van der Waals surface area contributed by atoms with Gasteiger partial charge in [-0.3, -0.25) is 0 Å². The molecule has 0 aliphatic heterocycles. The largest absolute Gasteiger partial charge is 0.383 e. The van der Waals surface area contributed by atoms with Crippen molar-refractivity contribution >= 4 is 39.2 Å². The number of halogens is 2. The fourth-order valence-electron chi connectivity index (χ4n) is 1.83. The van der Waals surface area contributed by atoms with Crippen molar-refractivity contribution in [2.45, 2.75) is 13.0 Å². The Bertz CT molecular complexity index is 591. The van der Waals surface area contributed by atoms with E-state index >= 15 is 0 Å². The van der Waals surface area contributed by atoms with Crippen LogP contribution in [0.4, 0.5) is 11.6 Å². The van der Waals surface area contributed by atoms with E-state index in [1.165, 1.54) is 6.33 Å². The van der Waals surface area contributed by atoms with Crippen LogP contribution in [0.3, 0.4) is 0 Å². The second-order valence-corrected chi connectivity index (χ2v) is 5.41. The first-order valence-corrected chi connectivity index (χ1v) is 6.92. The lowest BCUT2D eigenvalue weighted by Crippen LogP contribution is -2.23. The van der Waals surface area contributed by atoms with Crippen molar-refractivity contribution in [3.8, 4) is 0 Å². The van der Waals surface area contributed by atoms with Crippen molar-refractivity contribution in [2.24, 2.45) is 0 Å². The molecule has 4 nitrogen and oxygen atoms in total. The van der Waals surface area contributed by atoms with E-state index in [2.05, 4.69) is 32.8 Å². The van der Waals surface area contributed by atoms with Gasteiger partial charge in [-0.1, -0.05) is 29.8 Å². The van der Waals surface area contributed by atoms with Gasteiger partial charge >= 0.3 is 0 Å². The molecule has 0 bridgehead atoms. The van der Waals surface area contributed by atoms with Gasteiger partial charge in [0.2, 0.25) is 0 Å². The summed E-state index contributed by atoms with van der Waals surface area (Å²) in [6, 6.07) is 7.83. The zero-order valence-corrected chi connectivity index (χ0v) is 13.0. The van der Waals surface area contributed by atoms with Gasteiger partial charge in [0, 0.05) is 12.1 Å². The fraction of sp³-hybridized carbons (Fsp3) is 0.231. The van der Waals surface area contributed by atoms with Gasteiger partial charge in [0.15, 0.2) is 0 Å². The first kappa shape index (κ1) is 14.1. The van der Waals surface area contributed by atoms with Crippen molar-refractivity contribution in [1.29, 1.82) is 0 Å². The van der Waals surface area contributed by atoms with E-state index < -0.39 is 0 Å². The van der Waals surface area contributed by atoms with Crippen LogP contribution in [0, 0.1) is 0 Å². The quantitative estimate of drug-likeness (QED) is 0.925. The van der Waals surface area contributed by atoms with Gasteiger partial charge in [-0.05, 0) is 34.5 Å². The number of aromatic nitrogens is 2. The van der Waals surface area contributed by atoms with Crippen molar-refractivity contribution < 1.29 is 0 Å². The maximum absolute atomic E-state index is 6.23. The van der Waals surface area contributed by atoms with E-state index in [1.807, 2.05) is 36.2 Å². The summed E-state index contributed by atoms with van der Waals surface area (Å²) in [5.41, 5.74) is 6.81. The minimum Gasteiger partial charge on any atom is -0.383 e. The molecule has 0 aliphatic carbocycles. The lowest BCUT2D eigenvalue weighted by atomic mass is 10.1. The average molecular weight is 342 g/mol. The summed E-state index contributed by atoms with van der Waals surface area (Å²) in [7, 11) is 1.94. The lowest BCUT2D eigenvalue weighted by Gasteiger charge is -2.27. The van der Waals surface area contributed by atoms with Crippen LogP contribution in [0.15, 0.2) is 35.1 Å². The van der Waals surface area contributed by atoms with E-state index in [-0.39, 0.29) is 6.04 Å². The second kappa shape index (κ2) is 5.75. The number of anilines is 2. The smallest absolute Gasteiger partial charge is 0.148 e. The normalized spacial score (nSPS) is 12.2. The number of benzene rings is 1. The monoisotopic (exact) mass is 340 g/mol. The van der Waals surface area contributed by atoms with Crippen LogP contribution in [-0.2, 0) is 0 Å². The fourth-order valence-corrected chi connectivity index (χ4v) is 2.60. The Kier molecular flexibility index (Phi) is 4.27. The second-order valence-electron chi connectivity index (χ2n) is 4.20. The van der Waals surface area contributed by atoms with Gasteiger partial charge in [0.1, 0.15) is 22.4 Å². The number of nitrogen functional groups attached to an aromatic ring is 1. The van der Waals surface area contributed by atoms with Crippen molar-refractivity contribution in [2.75, 3.05) is 17.7 Å². The van der Waals surface area contributed by atoms with Crippen LogP contribution in [0.25, 0.3) is 0 Å². The zero-order valence-electron chi connectivity index (χ0n) is 10.6. The minimum absolute atomic E-state index is 0.0688. The zero-order chi connectivity index (χ0) is 14.0. The van der Waals surface area contributed by atoms with E-state index in [0.717, 1.165) is 16.4 Å². The summed E-state index contributed by atoms with van der Waals surface area (Å²) < 4.78 is 0.691. The molecule has 1 aromatic heterocycles. The molecule has 1 atom stereocenters. The SMILES string of the molecule is CC(c1ccccc1Cl)N(C)c1ncnc(N)c1Br. The molecule has 6 heteroatoms. The Hall–Kier alpha value is -1.33. The Morgan fingerprint density at radius 2 is 2.00 bits per heavy atom. The molecule has 1 unspecified atom stereocenters.